The molecular formula is C16H10O2S2. The van der Waals surface area contributed by atoms with Gasteiger partial charge in [-0.25, -0.2) is 0 Å². The van der Waals surface area contributed by atoms with Gasteiger partial charge in [0.05, 0.1) is 15.6 Å². The molecule has 4 rings (SSSR count). The lowest BCUT2D eigenvalue weighted by atomic mass is 10.1. The maximum atomic E-state index is 12.8. The van der Waals surface area contributed by atoms with E-state index in [1.54, 1.807) is 22.7 Å². The average Bonchev–Trinajstić information content (AvgIpc) is 3.08. The van der Waals surface area contributed by atoms with Gasteiger partial charge in [0.2, 0.25) is 5.43 Å². The molecule has 98 valence electrons. The predicted octanol–water partition coefficient (Wildman–Crippen LogP) is 5.04. The van der Waals surface area contributed by atoms with Crippen molar-refractivity contribution in [1.82, 2.24) is 0 Å². The number of rotatable bonds is 1. The van der Waals surface area contributed by atoms with Crippen LogP contribution in [0.3, 0.4) is 0 Å². The van der Waals surface area contributed by atoms with Crippen molar-refractivity contribution in [3.63, 3.8) is 0 Å². The fourth-order valence-electron chi connectivity index (χ4n) is 2.43. The minimum atomic E-state index is 0.0644. The van der Waals surface area contributed by atoms with Crippen LogP contribution in [0.2, 0.25) is 0 Å². The molecule has 2 nitrogen and oxygen atoms in total. The van der Waals surface area contributed by atoms with Crippen molar-refractivity contribution in [3.05, 3.63) is 56.9 Å². The van der Waals surface area contributed by atoms with Gasteiger partial charge in [-0.1, -0.05) is 18.2 Å². The Bertz CT molecular complexity index is 975. The molecule has 0 bridgehead atoms. The van der Waals surface area contributed by atoms with Crippen LogP contribution in [0, 0.1) is 6.92 Å². The second-order valence-electron chi connectivity index (χ2n) is 4.60. The number of hydrogen-bond donors (Lipinski definition) is 0. The normalized spacial score (nSPS) is 11.4. The number of aryl methyl sites for hydroxylation is 1. The zero-order chi connectivity index (χ0) is 13.7. The zero-order valence-corrected chi connectivity index (χ0v) is 12.3. The van der Waals surface area contributed by atoms with Crippen LogP contribution in [0.15, 0.2) is 51.0 Å². The van der Waals surface area contributed by atoms with E-state index in [9.17, 15) is 4.79 Å². The van der Waals surface area contributed by atoms with E-state index in [-0.39, 0.29) is 5.43 Å². The molecule has 0 N–H and O–H groups in total. The molecule has 4 aromatic rings. The smallest absolute Gasteiger partial charge is 0.202 e. The van der Waals surface area contributed by atoms with E-state index in [0.717, 1.165) is 20.2 Å². The Kier molecular flexibility index (Phi) is 2.55. The average molecular weight is 298 g/mol. The third-order valence-electron chi connectivity index (χ3n) is 3.34. The highest BCUT2D eigenvalue weighted by atomic mass is 32.1. The second kappa shape index (κ2) is 4.30. The maximum absolute atomic E-state index is 12.8. The first-order valence-corrected chi connectivity index (χ1v) is 7.94. The highest BCUT2D eigenvalue weighted by Crippen LogP contribution is 2.39. The van der Waals surface area contributed by atoms with Gasteiger partial charge in [0.25, 0.3) is 0 Å². The van der Waals surface area contributed by atoms with Crippen LogP contribution in [0.4, 0.5) is 0 Å². The molecule has 0 saturated carbocycles. The van der Waals surface area contributed by atoms with Gasteiger partial charge in [0, 0.05) is 9.75 Å². The Hall–Kier alpha value is -1.91. The second-order valence-corrected chi connectivity index (χ2v) is 6.77. The molecule has 0 aliphatic carbocycles. The summed E-state index contributed by atoms with van der Waals surface area (Å²) in [4.78, 5) is 16.0. The lowest BCUT2D eigenvalue weighted by molar-refractivity contribution is 0.659. The monoisotopic (exact) mass is 298 g/mol. The fourth-order valence-corrected chi connectivity index (χ4v) is 4.37. The van der Waals surface area contributed by atoms with E-state index in [1.807, 2.05) is 48.7 Å². The molecule has 0 fully saturated rings. The SMILES string of the molecule is Cc1sc(-c2cccs2)c2c(=O)c3ccccc3oc12. The van der Waals surface area contributed by atoms with Crippen molar-refractivity contribution < 1.29 is 4.42 Å². The molecule has 0 unspecified atom stereocenters. The Morgan fingerprint density at radius 3 is 2.75 bits per heavy atom. The highest BCUT2D eigenvalue weighted by Gasteiger charge is 2.18. The number of hydrogen-bond acceptors (Lipinski definition) is 4. The van der Waals surface area contributed by atoms with Crippen LogP contribution in [0.1, 0.15) is 4.88 Å². The highest BCUT2D eigenvalue weighted by molar-refractivity contribution is 7.22. The molecule has 4 heteroatoms. The molecule has 20 heavy (non-hydrogen) atoms. The first-order chi connectivity index (χ1) is 9.75. The third-order valence-corrected chi connectivity index (χ3v) is 5.48. The molecule has 0 saturated heterocycles. The van der Waals surface area contributed by atoms with E-state index in [2.05, 4.69) is 0 Å². The molecular weight excluding hydrogens is 288 g/mol. The first kappa shape index (κ1) is 11.9. The number of thiophene rings is 2. The van der Waals surface area contributed by atoms with E-state index in [4.69, 9.17) is 4.42 Å². The standard InChI is InChI=1S/C16H10O2S2/c1-9-15-13(16(20-9)12-7-4-8-19-12)14(17)10-5-2-3-6-11(10)18-15/h2-8H,1H3. The van der Waals surface area contributed by atoms with Crippen molar-refractivity contribution in [2.75, 3.05) is 0 Å². The van der Waals surface area contributed by atoms with Crippen molar-refractivity contribution in [1.29, 1.82) is 0 Å². The first-order valence-electron chi connectivity index (χ1n) is 6.24. The van der Waals surface area contributed by atoms with E-state index >= 15 is 0 Å². The molecule has 0 radical (unpaired) electrons. The lowest BCUT2D eigenvalue weighted by Crippen LogP contribution is -2.01. The van der Waals surface area contributed by atoms with Crippen LogP contribution in [-0.4, -0.2) is 0 Å². The zero-order valence-electron chi connectivity index (χ0n) is 10.7. The fraction of sp³-hybridized carbons (Fsp3) is 0.0625. The summed E-state index contributed by atoms with van der Waals surface area (Å²) in [5.74, 6) is 0. The minimum absolute atomic E-state index is 0.0644. The maximum Gasteiger partial charge on any atom is 0.202 e. The predicted molar refractivity (Wildman–Crippen MR) is 85.9 cm³/mol. The van der Waals surface area contributed by atoms with Crippen LogP contribution in [0.25, 0.3) is 31.7 Å². The Morgan fingerprint density at radius 2 is 1.95 bits per heavy atom. The topological polar surface area (TPSA) is 30.2 Å². The molecule has 3 aromatic heterocycles. The van der Waals surface area contributed by atoms with Crippen LogP contribution >= 0.6 is 22.7 Å². The Morgan fingerprint density at radius 1 is 1.10 bits per heavy atom. The van der Waals surface area contributed by atoms with Crippen LogP contribution in [0.5, 0.6) is 0 Å². The van der Waals surface area contributed by atoms with Crippen molar-refractivity contribution >= 4 is 44.6 Å². The number of fused-ring (bicyclic) bond motifs is 2. The summed E-state index contributed by atoms with van der Waals surface area (Å²) in [7, 11) is 0. The molecule has 0 aliphatic heterocycles. The molecule has 0 atom stereocenters. The molecule has 3 heterocycles. The summed E-state index contributed by atoms with van der Waals surface area (Å²) in [5.41, 5.74) is 1.44. The van der Waals surface area contributed by atoms with Gasteiger partial charge in [-0.05, 0) is 30.5 Å². The molecule has 0 amide bonds. The summed E-state index contributed by atoms with van der Waals surface area (Å²) in [6.45, 7) is 2.00. The van der Waals surface area contributed by atoms with E-state index < -0.39 is 0 Å². The number of benzene rings is 1. The van der Waals surface area contributed by atoms with Gasteiger partial charge in [-0.15, -0.1) is 22.7 Å². The summed E-state index contributed by atoms with van der Waals surface area (Å²) in [6, 6.07) is 11.5. The molecule has 0 spiro atoms. The largest absolute Gasteiger partial charge is 0.455 e. The summed E-state index contributed by atoms with van der Waals surface area (Å²) >= 11 is 3.27. The molecule has 1 aromatic carbocycles. The summed E-state index contributed by atoms with van der Waals surface area (Å²) < 4.78 is 5.95. The van der Waals surface area contributed by atoms with Gasteiger partial charge in [-0.2, -0.15) is 0 Å². The summed E-state index contributed by atoms with van der Waals surface area (Å²) in [5, 5.41) is 3.39. The molecule has 0 aliphatic rings. The Labute approximate surface area is 122 Å². The lowest BCUT2D eigenvalue weighted by Gasteiger charge is -1.99. The van der Waals surface area contributed by atoms with Crippen LogP contribution in [-0.2, 0) is 0 Å². The Balaban J connectivity index is 2.24. The summed E-state index contributed by atoms with van der Waals surface area (Å²) in [6.07, 6.45) is 0. The third kappa shape index (κ3) is 1.58. The van der Waals surface area contributed by atoms with Crippen molar-refractivity contribution in [2.45, 2.75) is 6.92 Å². The van der Waals surface area contributed by atoms with Gasteiger partial charge in [0.1, 0.15) is 5.58 Å². The van der Waals surface area contributed by atoms with Gasteiger partial charge in [0.15, 0.2) is 5.58 Å². The van der Waals surface area contributed by atoms with E-state index in [1.165, 1.54) is 0 Å². The van der Waals surface area contributed by atoms with Crippen LogP contribution < -0.4 is 5.43 Å². The minimum Gasteiger partial charge on any atom is -0.455 e. The van der Waals surface area contributed by atoms with Gasteiger partial charge in [-0.3, -0.25) is 4.79 Å². The number of para-hydroxylation sites is 1. The van der Waals surface area contributed by atoms with Gasteiger partial charge >= 0.3 is 0 Å². The quantitative estimate of drug-likeness (QED) is 0.492. The van der Waals surface area contributed by atoms with Gasteiger partial charge < -0.3 is 4.42 Å². The van der Waals surface area contributed by atoms with Crippen molar-refractivity contribution in [3.8, 4) is 9.75 Å². The van der Waals surface area contributed by atoms with Crippen molar-refractivity contribution in [2.24, 2.45) is 0 Å². The van der Waals surface area contributed by atoms with E-state index in [0.29, 0.717) is 16.4 Å².